The molecule has 3 rings (SSSR count). The lowest BCUT2D eigenvalue weighted by Crippen LogP contribution is -2.29. The summed E-state index contributed by atoms with van der Waals surface area (Å²) in [7, 11) is 0. The molecule has 3 aromatic rings. The van der Waals surface area contributed by atoms with Gasteiger partial charge in [-0.25, -0.2) is 0 Å². The van der Waals surface area contributed by atoms with Crippen LogP contribution in [0.2, 0.25) is 10.0 Å². The predicted octanol–water partition coefficient (Wildman–Crippen LogP) is 3.45. The Kier molecular flexibility index (Phi) is 4.57. The van der Waals surface area contributed by atoms with Gasteiger partial charge in [-0.1, -0.05) is 35.3 Å². The molecule has 1 atom stereocenters. The molecule has 0 saturated heterocycles. The number of carbonyl (C=O) groups is 1. The lowest BCUT2D eigenvalue weighted by atomic mass is 10.1. The smallest absolute Gasteiger partial charge is 0.248 e. The quantitative estimate of drug-likeness (QED) is 0.490. The van der Waals surface area contributed by atoms with E-state index >= 15 is 0 Å². The van der Waals surface area contributed by atoms with Crippen molar-refractivity contribution in [1.29, 1.82) is 0 Å². The molecule has 1 aromatic heterocycles. The lowest BCUT2D eigenvalue weighted by molar-refractivity contribution is 0.0793. The van der Waals surface area contributed by atoms with Gasteiger partial charge in [0.25, 0.3) is 0 Å². The number of pyridine rings is 1. The molecule has 122 valence electrons. The van der Waals surface area contributed by atoms with E-state index in [4.69, 9.17) is 23.2 Å². The molecule has 1 unspecified atom stereocenters. The first-order chi connectivity index (χ1) is 11.5. The molecular formula is C17H12Cl2N2O3. The van der Waals surface area contributed by atoms with Gasteiger partial charge in [0.2, 0.25) is 11.3 Å². The molecule has 0 amide bonds. The van der Waals surface area contributed by atoms with Gasteiger partial charge in [-0.2, -0.15) is 0 Å². The van der Waals surface area contributed by atoms with Crippen molar-refractivity contribution in [1.82, 2.24) is 4.98 Å². The van der Waals surface area contributed by atoms with E-state index < -0.39 is 12.0 Å². The standard InChI is InChI=1S/C17H12Cl2N2O3/c18-12-4-2-1-3-11(12)16(23)17(24)20-9-7-13(19)10-5-6-15(22)21-14(10)8-9/h1-8,17,20,24H,(H,21,22). The number of halogens is 2. The molecule has 0 spiro atoms. The average Bonchev–Trinajstić information content (AvgIpc) is 2.54. The first-order valence-corrected chi connectivity index (χ1v) is 7.77. The fraction of sp³-hybridized carbons (Fsp3) is 0.0588. The maximum atomic E-state index is 12.3. The van der Waals surface area contributed by atoms with Crippen molar-refractivity contribution in [2.24, 2.45) is 0 Å². The lowest BCUT2D eigenvalue weighted by Gasteiger charge is -2.15. The van der Waals surface area contributed by atoms with E-state index in [1.165, 1.54) is 12.1 Å². The van der Waals surface area contributed by atoms with Crippen molar-refractivity contribution < 1.29 is 9.90 Å². The van der Waals surface area contributed by atoms with Crippen LogP contribution in [0.25, 0.3) is 10.9 Å². The number of rotatable bonds is 4. The number of benzene rings is 2. The Labute approximate surface area is 146 Å². The summed E-state index contributed by atoms with van der Waals surface area (Å²) in [4.78, 5) is 26.4. The monoisotopic (exact) mass is 362 g/mol. The van der Waals surface area contributed by atoms with E-state index in [0.717, 1.165) is 0 Å². The number of ketones is 1. The number of aliphatic hydroxyl groups excluding tert-OH is 1. The van der Waals surface area contributed by atoms with E-state index in [-0.39, 0.29) is 16.1 Å². The summed E-state index contributed by atoms with van der Waals surface area (Å²) in [5.41, 5.74) is 0.819. The fourth-order valence-corrected chi connectivity index (χ4v) is 2.85. The van der Waals surface area contributed by atoms with Gasteiger partial charge < -0.3 is 15.4 Å². The number of carbonyl (C=O) groups excluding carboxylic acids is 1. The van der Waals surface area contributed by atoms with Crippen LogP contribution < -0.4 is 10.9 Å². The maximum Gasteiger partial charge on any atom is 0.248 e. The minimum Gasteiger partial charge on any atom is -0.367 e. The fourth-order valence-electron chi connectivity index (χ4n) is 2.34. The second kappa shape index (κ2) is 6.65. The van der Waals surface area contributed by atoms with Crippen LogP contribution in [0.4, 0.5) is 5.69 Å². The third-order valence-corrected chi connectivity index (χ3v) is 4.12. The molecule has 24 heavy (non-hydrogen) atoms. The molecule has 2 aromatic carbocycles. The molecule has 3 N–H and O–H groups in total. The number of hydrogen-bond donors (Lipinski definition) is 3. The highest BCUT2D eigenvalue weighted by molar-refractivity contribution is 6.36. The first kappa shape index (κ1) is 16.5. The van der Waals surface area contributed by atoms with Crippen molar-refractivity contribution in [2.75, 3.05) is 5.32 Å². The molecule has 1 heterocycles. The number of aliphatic hydroxyl groups is 1. The van der Waals surface area contributed by atoms with Crippen LogP contribution in [0.3, 0.4) is 0 Å². The van der Waals surface area contributed by atoms with Crippen molar-refractivity contribution in [3.05, 3.63) is 74.5 Å². The normalized spacial score (nSPS) is 12.1. The van der Waals surface area contributed by atoms with Gasteiger partial charge in [0.05, 0.1) is 15.6 Å². The molecule has 0 aliphatic heterocycles. The minimum atomic E-state index is -1.51. The molecule has 0 aliphatic rings. The number of aromatic amines is 1. The van der Waals surface area contributed by atoms with Crippen LogP contribution in [0, 0.1) is 0 Å². The Morgan fingerprint density at radius 3 is 2.58 bits per heavy atom. The van der Waals surface area contributed by atoms with Gasteiger partial charge in [0.15, 0.2) is 6.23 Å². The first-order valence-electron chi connectivity index (χ1n) is 7.01. The average molecular weight is 363 g/mol. The van der Waals surface area contributed by atoms with Crippen molar-refractivity contribution in [3.8, 4) is 0 Å². The molecule has 0 aliphatic carbocycles. The maximum absolute atomic E-state index is 12.3. The van der Waals surface area contributed by atoms with Crippen molar-refractivity contribution in [3.63, 3.8) is 0 Å². The van der Waals surface area contributed by atoms with E-state index in [1.54, 1.807) is 36.4 Å². The number of aromatic nitrogens is 1. The summed E-state index contributed by atoms with van der Waals surface area (Å²) < 4.78 is 0. The largest absolute Gasteiger partial charge is 0.367 e. The van der Waals surface area contributed by atoms with Gasteiger partial charge in [-0.3, -0.25) is 9.59 Å². The van der Waals surface area contributed by atoms with Crippen molar-refractivity contribution >= 4 is 45.6 Å². The topological polar surface area (TPSA) is 82.2 Å². The third kappa shape index (κ3) is 3.28. The highest BCUT2D eigenvalue weighted by Gasteiger charge is 2.19. The Bertz CT molecular complexity index is 985. The molecule has 5 nitrogen and oxygen atoms in total. The zero-order valence-corrected chi connectivity index (χ0v) is 13.7. The number of anilines is 1. The highest BCUT2D eigenvalue weighted by atomic mass is 35.5. The van der Waals surface area contributed by atoms with Crippen LogP contribution >= 0.6 is 23.2 Å². The molecular weight excluding hydrogens is 351 g/mol. The van der Waals surface area contributed by atoms with Crippen LogP contribution in [-0.4, -0.2) is 22.1 Å². The van der Waals surface area contributed by atoms with Gasteiger partial charge in [0.1, 0.15) is 0 Å². The SMILES string of the molecule is O=C(c1ccccc1Cl)C(O)Nc1cc(Cl)c2ccc(=O)[nH]c2c1. The Hall–Kier alpha value is -2.34. The number of nitrogens with one attached hydrogen (secondary N) is 2. The zero-order valence-electron chi connectivity index (χ0n) is 12.2. The molecule has 0 saturated carbocycles. The number of H-pyrrole nitrogens is 1. The summed E-state index contributed by atoms with van der Waals surface area (Å²) in [5, 5.41) is 14.1. The van der Waals surface area contributed by atoms with Gasteiger partial charge in [-0.15, -0.1) is 0 Å². The minimum absolute atomic E-state index is 0.208. The highest BCUT2D eigenvalue weighted by Crippen LogP contribution is 2.26. The summed E-state index contributed by atoms with van der Waals surface area (Å²) >= 11 is 12.1. The molecule has 0 bridgehead atoms. The summed E-state index contributed by atoms with van der Waals surface area (Å²) in [6.45, 7) is 0. The van der Waals surface area contributed by atoms with Gasteiger partial charge in [0, 0.05) is 22.7 Å². The predicted molar refractivity (Wildman–Crippen MR) is 95.0 cm³/mol. The third-order valence-electron chi connectivity index (χ3n) is 3.48. The molecule has 0 fully saturated rings. The van der Waals surface area contributed by atoms with E-state index in [0.29, 0.717) is 21.6 Å². The number of fused-ring (bicyclic) bond motifs is 1. The second-order valence-electron chi connectivity index (χ2n) is 5.13. The molecule has 7 heteroatoms. The van der Waals surface area contributed by atoms with E-state index in [9.17, 15) is 14.7 Å². The van der Waals surface area contributed by atoms with E-state index in [1.807, 2.05) is 0 Å². The van der Waals surface area contributed by atoms with Crippen LogP contribution in [0.15, 0.2) is 53.3 Å². The van der Waals surface area contributed by atoms with Gasteiger partial charge in [-0.05, 0) is 30.3 Å². The van der Waals surface area contributed by atoms with E-state index in [2.05, 4.69) is 10.3 Å². The van der Waals surface area contributed by atoms with Crippen molar-refractivity contribution in [2.45, 2.75) is 6.23 Å². The second-order valence-corrected chi connectivity index (χ2v) is 5.95. The number of Topliss-reactive ketones (excluding diaryl/α,β-unsaturated/α-hetero) is 1. The Balaban J connectivity index is 1.90. The Morgan fingerprint density at radius 2 is 1.83 bits per heavy atom. The van der Waals surface area contributed by atoms with Gasteiger partial charge >= 0.3 is 0 Å². The summed E-state index contributed by atoms with van der Waals surface area (Å²) in [6, 6.07) is 12.6. The number of hydrogen-bond acceptors (Lipinski definition) is 4. The van der Waals surface area contributed by atoms with Crippen LogP contribution in [0.1, 0.15) is 10.4 Å². The Morgan fingerprint density at radius 1 is 1.08 bits per heavy atom. The molecule has 0 radical (unpaired) electrons. The van der Waals surface area contributed by atoms with Crippen LogP contribution in [0.5, 0.6) is 0 Å². The zero-order chi connectivity index (χ0) is 17.3. The summed E-state index contributed by atoms with van der Waals surface area (Å²) in [6.07, 6.45) is -1.51. The van der Waals surface area contributed by atoms with Crippen LogP contribution in [-0.2, 0) is 0 Å². The summed E-state index contributed by atoms with van der Waals surface area (Å²) in [5.74, 6) is -0.571.